The Hall–Kier alpha value is -7.95. The van der Waals surface area contributed by atoms with Crippen LogP contribution in [0.3, 0.4) is 0 Å². The van der Waals surface area contributed by atoms with Crippen molar-refractivity contribution in [3.05, 3.63) is 218 Å². The molecule has 0 amide bonds. The lowest BCUT2D eigenvalue weighted by Gasteiger charge is -2.17. The van der Waals surface area contributed by atoms with Crippen molar-refractivity contribution < 1.29 is 0 Å². The van der Waals surface area contributed by atoms with E-state index in [1.165, 1.54) is 21.5 Å². The summed E-state index contributed by atoms with van der Waals surface area (Å²) in [7, 11) is 0. The van der Waals surface area contributed by atoms with Gasteiger partial charge in [0.1, 0.15) is 0 Å². The van der Waals surface area contributed by atoms with Gasteiger partial charge in [0.25, 0.3) is 0 Å². The Balaban J connectivity index is 1.15. The third kappa shape index (κ3) is 6.24. The molecule has 4 heteroatoms. The molecule has 2 heterocycles. The SMILES string of the molecule is c1ccc(-c2ccc(-c3nc(-c4ccc(-c5ccc6ccccc6c5)c(-n5c6ccccc6c6ccccc65)c4)nc(-c4ccccc4-c4ccccc4)n3)cc2)cc1. The smallest absolute Gasteiger partial charge is 0.164 e. The van der Waals surface area contributed by atoms with E-state index in [-0.39, 0.29) is 0 Å². The molecule has 0 spiro atoms. The van der Waals surface area contributed by atoms with E-state index in [9.17, 15) is 0 Å². The van der Waals surface area contributed by atoms with E-state index < -0.39 is 0 Å². The maximum absolute atomic E-state index is 5.31. The lowest BCUT2D eigenvalue weighted by molar-refractivity contribution is 1.07. The van der Waals surface area contributed by atoms with Crippen LogP contribution in [0.2, 0.25) is 0 Å². The van der Waals surface area contributed by atoms with Crippen LogP contribution in [0.15, 0.2) is 218 Å². The van der Waals surface area contributed by atoms with Gasteiger partial charge in [0.15, 0.2) is 17.5 Å². The van der Waals surface area contributed by atoms with Gasteiger partial charge in [0.05, 0.1) is 16.7 Å². The molecule has 0 aliphatic carbocycles. The summed E-state index contributed by atoms with van der Waals surface area (Å²) in [6.07, 6.45) is 0. The largest absolute Gasteiger partial charge is 0.309 e. The van der Waals surface area contributed by atoms with Crippen LogP contribution in [-0.4, -0.2) is 19.5 Å². The summed E-state index contributed by atoms with van der Waals surface area (Å²) in [5, 5.41) is 4.83. The summed E-state index contributed by atoms with van der Waals surface area (Å²) in [6.45, 7) is 0. The fourth-order valence-electron chi connectivity index (χ4n) is 8.38. The highest BCUT2D eigenvalue weighted by atomic mass is 15.0. The number of fused-ring (bicyclic) bond motifs is 4. The Morgan fingerprint density at radius 3 is 1.47 bits per heavy atom. The minimum Gasteiger partial charge on any atom is -0.309 e. The Morgan fingerprint density at radius 2 is 0.763 bits per heavy atom. The van der Waals surface area contributed by atoms with Gasteiger partial charge in [-0.3, -0.25) is 0 Å². The minimum absolute atomic E-state index is 0.604. The van der Waals surface area contributed by atoms with Crippen LogP contribution in [0.25, 0.3) is 106 Å². The molecule has 0 saturated heterocycles. The molecule has 0 unspecified atom stereocenters. The normalized spacial score (nSPS) is 11.4. The second-order valence-electron chi connectivity index (χ2n) is 14.8. The van der Waals surface area contributed by atoms with Gasteiger partial charge >= 0.3 is 0 Å². The third-order valence-electron chi connectivity index (χ3n) is 11.3. The van der Waals surface area contributed by atoms with E-state index in [1.807, 2.05) is 12.1 Å². The molecule has 0 atom stereocenters. The van der Waals surface area contributed by atoms with Gasteiger partial charge in [-0.2, -0.15) is 0 Å². The summed E-state index contributed by atoms with van der Waals surface area (Å²) in [6, 6.07) is 77.0. The Morgan fingerprint density at radius 1 is 0.271 bits per heavy atom. The average Bonchev–Trinajstić information content (AvgIpc) is 3.66. The van der Waals surface area contributed by atoms with Crippen LogP contribution in [0.5, 0.6) is 0 Å². The van der Waals surface area contributed by atoms with E-state index >= 15 is 0 Å². The maximum atomic E-state index is 5.31. The molecule has 0 saturated carbocycles. The predicted octanol–water partition coefficient (Wildman–Crippen LogP) is 14.1. The standard InChI is InChI=1S/C55H36N4/c1-3-15-37(16-4-1)39-27-30-41(31-28-39)53-56-54(58-55(57-53)49-24-10-9-21-45(49)40-18-5-2-6-19-40)44-33-34-46(43-32-29-38-17-7-8-20-42(38)35-43)52(36-44)59-50-25-13-11-22-47(50)48-23-12-14-26-51(48)59/h1-36H. The van der Waals surface area contributed by atoms with Crippen LogP contribution >= 0.6 is 0 Å². The van der Waals surface area contributed by atoms with E-state index in [0.29, 0.717) is 17.5 Å². The molecule has 0 N–H and O–H groups in total. The summed E-state index contributed by atoms with van der Waals surface area (Å²) in [5.74, 6) is 1.84. The van der Waals surface area contributed by atoms with Gasteiger partial charge in [-0.1, -0.05) is 194 Å². The molecule has 0 aliphatic heterocycles. The second kappa shape index (κ2) is 14.5. The Kier molecular flexibility index (Phi) is 8.45. The van der Waals surface area contributed by atoms with E-state index in [0.717, 1.165) is 66.8 Å². The molecule has 11 aromatic rings. The highest BCUT2D eigenvalue weighted by molar-refractivity contribution is 6.10. The lowest BCUT2D eigenvalue weighted by Crippen LogP contribution is -2.03. The van der Waals surface area contributed by atoms with Crippen LogP contribution in [0, 0.1) is 0 Å². The van der Waals surface area contributed by atoms with Gasteiger partial charge < -0.3 is 4.57 Å². The van der Waals surface area contributed by atoms with Gasteiger partial charge in [-0.25, -0.2) is 15.0 Å². The quantitative estimate of drug-likeness (QED) is 0.163. The van der Waals surface area contributed by atoms with Crippen molar-refractivity contribution in [2.45, 2.75) is 0 Å². The number of hydrogen-bond donors (Lipinski definition) is 0. The first kappa shape index (κ1) is 34.3. The van der Waals surface area contributed by atoms with Crippen LogP contribution < -0.4 is 0 Å². The first-order valence-electron chi connectivity index (χ1n) is 19.9. The molecular weight excluding hydrogens is 717 g/mol. The van der Waals surface area contributed by atoms with Crippen molar-refractivity contribution in [2.24, 2.45) is 0 Å². The number of para-hydroxylation sites is 2. The average molecular weight is 753 g/mol. The van der Waals surface area contributed by atoms with Crippen LogP contribution in [0.4, 0.5) is 0 Å². The zero-order valence-corrected chi connectivity index (χ0v) is 32.1. The van der Waals surface area contributed by atoms with Crippen molar-refractivity contribution in [1.29, 1.82) is 0 Å². The number of nitrogens with zero attached hydrogens (tertiary/aromatic N) is 4. The van der Waals surface area contributed by atoms with Gasteiger partial charge in [0.2, 0.25) is 0 Å². The minimum atomic E-state index is 0.604. The molecule has 11 rings (SSSR count). The van der Waals surface area contributed by atoms with Crippen molar-refractivity contribution in [1.82, 2.24) is 19.5 Å². The monoisotopic (exact) mass is 752 g/mol. The number of rotatable bonds is 7. The van der Waals surface area contributed by atoms with Crippen molar-refractivity contribution in [3.63, 3.8) is 0 Å². The predicted molar refractivity (Wildman–Crippen MR) is 244 cm³/mol. The first-order valence-corrected chi connectivity index (χ1v) is 19.9. The maximum Gasteiger partial charge on any atom is 0.164 e. The second-order valence-corrected chi connectivity index (χ2v) is 14.8. The van der Waals surface area contributed by atoms with Crippen molar-refractivity contribution in [2.75, 3.05) is 0 Å². The lowest BCUT2D eigenvalue weighted by atomic mass is 9.97. The summed E-state index contributed by atoms with van der Waals surface area (Å²) in [4.78, 5) is 15.8. The number of hydrogen-bond acceptors (Lipinski definition) is 3. The number of aromatic nitrogens is 4. The van der Waals surface area contributed by atoms with Crippen LogP contribution in [0.1, 0.15) is 0 Å². The zero-order valence-electron chi connectivity index (χ0n) is 32.1. The number of benzene rings is 9. The molecule has 2 aromatic heterocycles. The molecular formula is C55H36N4. The molecule has 0 aliphatic rings. The summed E-state index contributed by atoms with van der Waals surface area (Å²) >= 11 is 0. The highest BCUT2D eigenvalue weighted by Crippen LogP contribution is 2.40. The van der Waals surface area contributed by atoms with E-state index in [1.54, 1.807) is 0 Å². The topological polar surface area (TPSA) is 43.6 Å². The third-order valence-corrected chi connectivity index (χ3v) is 11.3. The summed E-state index contributed by atoms with van der Waals surface area (Å²) in [5.41, 5.74) is 12.8. The van der Waals surface area contributed by atoms with Crippen LogP contribution in [-0.2, 0) is 0 Å². The molecule has 4 nitrogen and oxygen atoms in total. The fourth-order valence-corrected chi connectivity index (χ4v) is 8.38. The van der Waals surface area contributed by atoms with Crippen molar-refractivity contribution in [3.8, 4) is 73.2 Å². The van der Waals surface area contributed by atoms with E-state index in [4.69, 9.17) is 15.0 Å². The molecule has 276 valence electrons. The Labute approximate surface area is 342 Å². The van der Waals surface area contributed by atoms with Crippen molar-refractivity contribution >= 4 is 32.6 Å². The highest BCUT2D eigenvalue weighted by Gasteiger charge is 2.20. The fraction of sp³-hybridized carbons (Fsp3) is 0. The molecule has 0 radical (unpaired) electrons. The van der Waals surface area contributed by atoms with Gasteiger partial charge in [0, 0.05) is 33.0 Å². The zero-order chi connectivity index (χ0) is 39.1. The molecule has 9 aromatic carbocycles. The van der Waals surface area contributed by atoms with Gasteiger partial charge in [-0.05, 0) is 62.9 Å². The van der Waals surface area contributed by atoms with Gasteiger partial charge in [-0.15, -0.1) is 0 Å². The molecule has 59 heavy (non-hydrogen) atoms. The Bertz CT molecular complexity index is 3260. The molecule has 0 bridgehead atoms. The first-order chi connectivity index (χ1) is 29.2. The van der Waals surface area contributed by atoms with E-state index in [2.05, 4.69) is 211 Å². The molecule has 0 fully saturated rings. The summed E-state index contributed by atoms with van der Waals surface area (Å²) < 4.78 is 2.40.